The molecule has 1 fully saturated rings. The molecular weight excluding hydrogens is 411 g/mol. The van der Waals surface area contributed by atoms with Crippen LogP contribution < -0.4 is 5.73 Å². The lowest BCUT2D eigenvalue weighted by Gasteiger charge is -2.27. The van der Waals surface area contributed by atoms with Gasteiger partial charge in [0.05, 0.1) is 34.0 Å². The Morgan fingerprint density at radius 1 is 1.63 bits per heavy atom. The molecule has 30 heavy (non-hydrogen) atoms. The third-order valence-corrected chi connectivity index (χ3v) is 6.03. The van der Waals surface area contributed by atoms with Crippen LogP contribution in [0.5, 0.6) is 0 Å². The average molecular weight is 438 g/mol. The van der Waals surface area contributed by atoms with Gasteiger partial charge in [-0.25, -0.2) is 9.50 Å². The van der Waals surface area contributed by atoms with E-state index in [1.54, 1.807) is 42.2 Å². The zero-order valence-electron chi connectivity index (χ0n) is 17.2. The van der Waals surface area contributed by atoms with Gasteiger partial charge in [0.15, 0.2) is 5.82 Å². The number of rotatable bonds is 9. The first-order chi connectivity index (χ1) is 14.3. The van der Waals surface area contributed by atoms with Gasteiger partial charge in [0, 0.05) is 6.42 Å². The van der Waals surface area contributed by atoms with Gasteiger partial charge in [-0.1, -0.05) is 0 Å². The van der Waals surface area contributed by atoms with Crippen molar-refractivity contribution in [3.63, 3.8) is 0 Å². The predicted octanol–water partition coefficient (Wildman–Crippen LogP) is 0.723. The standard InChI is InChI=1S/C18H27N6O5P/c1-5-27-17(26)11(2)23(4)30-28-9-12-8-15(25)18(20-3,29-12)14-7-6-13-16(19)21-10-22-24(13)14/h6-7,10-12,15,25,30H,3,5,8-9H2,1-2,4H3,(H2,19,21,22)/t11?,12?,15-,18+/m1/s1. The van der Waals surface area contributed by atoms with Gasteiger partial charge in [0.2, 0.25) is 5.72 Å². The molecular formula is C18H27N6O5P. The quantitative estimate of drug-likeness (QED) is 0.330. The molecule has 0 bridgehead atoms. The van der Waals surface area contributed by atoms with Crippen molar-refractivity contribution in [1.82, 2.24) is 19.3 Å². The van der Waals surface area contributed by atoms with Crippen LogP contribution in [0.1, 0.15) is 26.0 Å². The SMILES string of the molecule is C=N[C@@]1(c2ccc3c(N)ncnn23)OC(COPN(C)C(C)C(=O)OCC)C[C@H]1O. The number of nitrogens with two attached hydrogens (primary N) is 1. The number of hydrogen-bond donors (Lipinski definition) is 2. The number of aromatic nitrogens is 3. The van der Waals surface area contributed by atoms with Gasteiger partial charge in [0.1, 0.15) is 24.0 Å². The van der Waals surface area contributed by atoms with Crippen LogP contribution in [0.2, 0.25) is 0 Å². The average Bonchev–Trinajstić information content (AvgIpc) is 3.30. The predicted molar refractivity (Wildman–Crippen MR) is 112 cm³/mol. The number of aliphatic hydroxyl groups is 1. The van der Waals surface area contributed by atoms with E-state index >= 15 is 0 Å². The Kier molecular flexibility index (Phi) is 6.99. The van der Waals surface area contributed by atoms with Crippen molar-refractivity contribution >= 4 is 33.0 Å². The molecule has 1 aliphatic rings. The number of carbonyl (C=O) groups excluding carboxylic acids is 1. The van der Waals surface area contributed by atoms with Gasteiger partial charge in [-0.2, -0.15) is 5.10 Å². The largest absolute Gasteiger partial charge is 0.465 e. The Hall–Kier alpha value is -2.17. The van der Waals surface area contributed by atoms with E-state index in [-0.39, 0.29) is 21.5 Å². The molecule has 1 saturated heterocycles. The lowest BCUT2D eigenvalue weighted by molar-refractivity contribution is -0.146. The Morgan fingerprint density at radius 3 is 3.10 bits per heavy atom. The van der Waals surface area contributed by atoms with Crippen LogP contribution in [0.4, 0.5) is 5.82 Å². The van der Waals surface area contributed by atoms with E-state index in [0.717, 1.165) is 0 Å². The number of likely N-dealkylation sites (N-methyl/N-ethyl adjacent to an activating group) is 1. The maximum atomic E-state index is 11.8. The van der Waals surface area contributed by atoms with E-state index in [1.807, 2.05) is 0 Å². The minimum absolute atomic E-state index is 0.0773. The molecule has 0 aromatic carbocycles. The van der Waals surface area contributed by atoms with Crippen LogP contribution in [0.15, 0.2) is 23.5 Å². The number of fused-ring (bicyclic) bond motifs is 1. The lowest BCUT2D eigenvalue weighted by atomic mass is 10.0. The maximum Gasteiger partial charge on any atom is 0.323 e. The first kappa shape index (κ1) is 22.5. The van der Waals surface area contributed by atoms with Crippen molar-refractivity contribution in [3.8, 4) is 0 Å². The monoisotopic (exact) mass is 438 g/mol. The van der Waals surface area contributed by atoms with Crippen molar-refractivity contribution in [2.24, 2.45) is 4.99 Å². The third-order valence-electron chi connectivity index (χ3n) is 5.05. The fourth-order valence-corrected chi connectivity index (χ4v) is 4.03. The van der Waals surface area contributed by atoms with Crippen molar-refractivity contribution in [2.45, 2.75) is 44.2 Å². The first-order valence-corrected chi connectivity index (χ1v) is 10.4. The smallest absolute Gasteiger partial charge is 0.323 e. The molecule has 3 heterocycles. The van der Waals surface area contributed by atoms with Crippen LogP contribution >= 0.6 is 8.96 Å². The highest BCUT2D eigenvalue weighted by molar-refractivity contribution is 7.29. The molecule has 2 aromatic rings. The number of aliphatic hydroxyl groups excluding tert-OH is 1. The number of aliphatic imine (C=N–C) groups is 1. The second kappa shape index (κ2) is 9.32. The number of esters is 1. The van der Waals surface area contributed by atoms with Crippen molar-refractivity contribution in [1.29, 1.82) is 0 Å². The number of anilines is 1. The highest BCUT2D eigenvalue weighted by Gasteiger charge is 2.51. The highest BCUT2D eigenvalue weighted by atomic mass is 31.1. The summed E-state index contributed by atoms with van der Waals surface area (Å²) in [5.41, 5.74) is 5.59. The second-order valence-corrected chi connectivity index (χ2v) is 8.12. The summed E-state index contributed by atoms with van der Waals surface area (Å²) < 4.78 is 20.1. The summed E-state index contributed by atoms with van der Waals surface area (Å²) in [5, 5.41) is 15.0. The zero-order valence-corrected chi connectivity index (χ0v) is 18.2. The molecule has 0 aliphatic carbocycles. The van der Waals surface area contributed by atoms with Gasteiger partial charge < -0.3 is 24.8 Å². The van der Waals surface area contributed by atoms with Crippen molar-refractivity contribution in [3.05, 3.63) is 24.2 Å². The van der Waals surface area contributed by atoms with Gasteiger partial charge in [-0.05, 0) is 39.7 Å². The molecule has 164 valence electrons. The molecule has 0 radical (unpaired) electrons. The van der Waals surface area contributed by atoms with Crippen LogP contribution in [0.25, 0.3) is 5.52 Å². The molecule has 0 spiro atoms. The van der Waals surface area contributed by atoms with Gasteiger partial charge in [0.25, 0.3) is 0 Å². The van der Waals surface area contributed by atoms with Crippen molar-refractivity contribution < 1.29 is 23.9 Å². The summed E-state index contributed by atoms with van der Waals surface area (Å²) in [6.45, 7) is 7.69. The number of nitrogens with zero attached hydrogens (tertiary/aromatic N) is 5. The third kappa shape index (κ3) is 4.17. The number of nitrogen functional groups attached to an aromatic ring is 1. The van der Waals surface area contributed by atoms with Crippen molar-refractivity contribution in [2.75, 3.05) is 26.0 Å². The summed E-state index contributed by atoms with van der Waals surface area (Å²) in [7, 11) is 1.70. The van der Waals surface area contributed by atoms with E-state index in [2.05, 4.69) is 21.8 Å². The summed E-state index contributed by atoms with van der Waals surface area (Å²) in [6.07, 6.45) is 0.257. The molecule has 5 atom stereocenters. The van der Waals surface area contributed by atoms with E-state index in [9.17, 15) is 9.90 Å². The minimum Gasteiger partial charge on any atom is -0.465 e. The van der Waals surface area contributed by atoms with Crippen LogP contribution in [0.3, 0.4) is 0 Å². The molecule has 2 aromatic heterocycles. The highest BCUT2D eigenvalue weighted by Crippen LogP contribution is 2.42. The fourth-order valence-electron chi connectivity index (χ4n) is 3.30. The summed E-state index contributed by atoms with van der Waals surface area (Å²) in [5.74, 6) is 0.00248. The Bertz CT molecular complexity index is 910. The summed E-state index contributed by atoms with van der Waals surface area (Å²) >= 11 is 0. The fraction of sp³-hybridized carbons (Fsp3) is 0.556. The maximum absolute atomic E-state index is 11.8. The Morgan fingerprint density at radius 2 is 2.40 bits per heavy atom. The van der Waals surface area contributed by atoms with E-state index in [1.165, 1.54) is 6.33 Å². The molecule has 12 heteroatoms. The summed E-state index contributed by atoms with van der Waals surface area (Å²) in [4.78, 5) is 19.9. The molecule has 3 rings (SSSR count). The van der Waals surface area contributed by atoms with Crippen LogP contribution in [-0.4, -0.2) is 75.6 Å². The second-order valence-electron chi connectivity index (χ2n) is 6.95. The van der Waals surface area contributed by atoms with E-state index < -0.39 is 24.0 Å². The minimum atomic E-state index is -1.39. The number of carbonyl (C=O) groups is 1. The normalized spacial score (nSPS) is 25.4. The lowest BCUT2D eigenvalue weighted by Crippen LogP contribution is -2.36. The molecule has 11 nitrogen and oxygen atoms in total. The Labute approximate surface area is 176 Å². The molecule has 0 amide bonds. The van der Waals surface area contributed by atoms with E-state index in [0.29, 0.717) is 30.1 Å². The van der Waals surface area contributed by atoms with Gasteiger partial charge in [-0.3, -0.25) is 14.5 Å². The van der Waals surface area contributed by atoms with E-state index in [4.69, 9.17) is 19.7 Å². The van der Waals surface area contributed by atoms with Crippen LogP contribution in [-0.2, 0) is 24.5 Å². The molecule has 0 saturated carbocycles. The molecule has 3 N–H and O–H groups in total. The van der Waals surface area contributed by atoms with Crippen LogP contribution in [0, 0.1) is 0 Å². The first-order valence-electron chi connectivity index (χ1n) is 9.53. The zero-order chi connectivity index (χ0) is 21.9. The topological polar surface area (TPSA) is 137 Å². The molecule has 3 unspecified atom stereocenters. The summed E-state index contributed by atoms with van der Waals surface area (Å²) in [6, 6.07) is 3.05. The molecule has 1 aliphatic heterocycles. The van der Waals surface area contributed by atoms with Gasteiger partial charge >= 0.3 is 5.97 Å². The number of hydrogen-bond acceptors (Lipinski definition) is 10. The Balaban J connectivity index is 1.66. The number of ether oxygens (including phenoxy) is 2. The van der Waals surface area contributed by atoms with Gasteiger partial charge in [-0.15, -0.1) is 0 Å².